The van der Waals surface area contributed by atoms with Crippen molar-refractivity contribution in [2.24, 2.45) is 0 Å². The summed E-state index contributed by atoms with van der Waals surface area (Å²) in [7, 11) is 0. The lowest BCUT2D eigenvalue weighted by Gasteiger charge is -2.15. The van der Waals surface area contributed by atoms with E-state index in [-0.39, 0.29) is 18.6 Å². The van der Waals surface area contributed by atoms with E-state index < -0.39 is 6.09 Å². The van der Waals surface area contributed by atoms with Gasteiger partial charge in [0.15, 0.2) is 0 Å². The number of anilines is 2. The third-order valence-electron chi connectivity index (χ3n) is 4.37. The fourth-order valence-electron chi connectivity index (χ4n) is 2.86. The molecular weight excluding hydrogens is 392 g/mol. The Bertz CT molecular complexity index is 1000. The van der Waals surface area contributed by atoms with Gasteiger partial charge in [0.25, 0.3) is 5.91 Å². The highest BCUT2D eigenvalue weighted by atomic mass is 16.5. The number of alkyl carbamates (subject to hydrolysis) is 1. The number of rotatable bonds is 8. The highest BCUT2D eigenvalue weighted by Gasteiger charge is 2.10. The van der Waals surface area contributed by atoms with Crippen LogP contribution in [0.4, 0.5) is 16.2 Å². The molecule has 0 saturated heterocycles. The van der Waals surface area contributed by atoms with Gasteiger partial charge in [0.2, 0.25) is 0 Å². The molecule has 3 rings (SSSR count). The Morgan fingerprint density at radius 3 is 2.35 bits per heavy atom. The van der Waals surface area contributed by atoms with E-state index in [1.165, 1.54) is 0 Å². The Hall–Kier alpha value is -3.87. The maximum absolute atomic E-state index is 12.6. The third kappa shape index (κ3) is 6.85. The number of hydrogen-bond donors (Lipinski definition) is 3. The molecule has 0 saturated carbocycles. The van der Waals surface area contributed by atoms with Crippen LogP contribution in [0.5, 0.6) is 0 Å². The lowest BCUT2D eigenvalue weighted by atomic mass is 10.1. The van der Waals surface area contributed by atoms with E-state index in [9.17, 15) is 9.59 Å². The van der Waals surface area contributed by atoms with Gasteiger partial charge in [-0.25, -0.2) is 4.79 Å². The van der Waals surface area contributed by atoms with Crippen LogP contribution in [0.2, 0.25) is 0 Å². The first kappa shape index (κ1) is 21.8. The highest BCUT2D eigenvalue weighted by molar-refractivity contribution is 6.05. The molecule has 0 aliphatic heterocycles. The molecule has 3 N–H and O–H groups in total. The van der Waals surface area contributed by atoms with Crippen molar-refractivity contribution in [3.63, 3.8) is 0 Å². The van der Waals surface area contributed by atoms with Gasteiger partial charge in [0.1, 0.15) is 6.61 Å². The van der Waals surface area contributed by atoms with E-state index >= 15 is 0 Å². The quantitative estimate of drug-likeness (QED) is 0.498. The summed E-state index contributed by atoms with van der Waals surface area (Å²) in [5.41, 5.74) is 3.80. The molecule has 0 bridgehead atoms. The van der Waals surface area contributed by atoms with Gasteiger partial charge >= 0.3 is 6.09 Å². The minimum Gasteiger partial charge on any atom is -0.445 e. The number of benzene rings is 2. The Kier molecular flexibility index (Phi) is 7.59. The Balaban J connectivity index is 1.50. The van der Waals surface area contributed by atoms with Crippen molar-refractivity contribution in [3.8, 4) is 0 Å². The number of amides is 2. The van der Waals surface area contributed by atoms with Crippen molar-refractivity contribution < 1.29 is 14.3 Å². The number of nitrogens with zero attached hydrogens (tertiary/aromatic N) is 1. The second kappa shape index (κ2) is 10.8. The van der Waals surface area contributed by atoms with Crippen LogP contribution in [-0.2, 0) is 17.9 Å². The van der Waals surface area contributed by atoms with Crippen LogP contribution in [0.1, 0.15) is 35.3 Å². The average Bonchev–Trinajstić information content (AvgIpc) is 2.78. The number of hydrogen-bond acceptors (Lipinski definition) is 5. The van der Waals surface area contributed by atoms with Crippen molar-refractivity contribution >= 4 is 23.4 Å². The number of carbonyl (C=O) groups excluding carboxylic acids is 2. The predicted molar refractivity (Wildman–Crippen MR) is 121 cm³/mol. The Labute approximate surface area is 181 Å². The number of nitrogens with one attached hydrogen (secondary N) is 3. The van der Waals surface area contributed by atoms with Gasteiger partial charge in [-0.3, -0.25) is 9.78 Å². The molecule has 0 aliphatic rings. The van der Waals surface area contributed by atoms with Crippen molar-refractivity contribution in [3.05, 3.63) is 89.7 Å². The van der Waals surface area contributed by atoms with E-state index in [2.05, 4.69) is 20.9 Å². The first-order valence-electron chi connectivity index (χ1n) is 10.1. The molecule has 0 unspecified atom stereocenters. The number of pyridine rings is 1. The summed E-state index contributed by atoms with van der Waals surface area (Å²) >= 11 is 0. The maximum Gasteiger partial charge on any atom is 0.407 e. The molecule has 7 nitrogen and oxygen atoms in total. The molecule has 3 aromatic rings. The zero-order valence-electron chi connectivity index (χ0n) is 17.6. The molecule has 0 fully saturated rings. The van der Waals surface area contributed by atoms with Crippen LogP contribution in [-0.4, -0.2) is 23.0 Å². The molecule has 1 heterocycles. The summed E-state index contributed by atoms with van der Waals surface area (Å²) < 4.78 is 5.16. The van der Waals surface area contributed by atoms with Crippen LogP contribution in [0.15, 0.2) is 73.1 Å². The van der Waals surface area contributed by atoms with E-state index in [0.717, 1.165) is 22.5 Å². The van der Waals surface area contributed by atoms with Gasteiger partial charge in [-0.1, -0.05) is 30.3 Å². The Morgan fingerprint density at radius 1 is 0.935 bits per heavy atom. The number of carbonyl (C=O) groups is 2. The zero-order chi connectivity index (χ0) is 22.1. The van der Waals surface area contributed by atoms with Crippen molar-refractivity contribution in [1.29, 1.82) is 0 Å². The second-order valence-electron chi connectivity index (χ2n) is 7.29. The Morgan fingerprint density at radius 2 is 1.68 bits per heavy atom. The van der Waals surface area contributed by atoms with E-state index in [1.807, 2.05) is 44.2 Å². The summed E-state index contributed by atoms with van der Waals surface area (Å²) in [4.78, 5) is 28.4. The van der Waals surface area contributed by atoms with Gasteiger partial charge in [-0.15, -0.1) is 0 Å². The van der Waals surface area contributed by atoms with E-state index in [1.54, 1.807) is 42.7 Å². The molecule has 0 spiro atoms. The average molecular weight is 418 g/mol. The van der Waals surface area contributed by atoms with Gasteiger partial charge < -0.3 is 20.7 Å². The van der Waals surface area contributed by atoms with Gasteiger partial charge in [-0.2, -0.15) is 0 Å². The molecule has 0 radical (unpaired) electrons. The predicted octanol–water partition coefficient (Wildman–Crippen LogP) is 4.58. The minimum atomic E-state index is -0.514. The zero-order valence-corrected chi connectivity index (χ0v) is 17.6. The molecule has 0 atom stereocenters. The number of para-hydroxylation sites is 2. The van der Waals surface area contributed by atoms with Crippen molar-refractivity contribution in [1.82, 2.24) is 10.3 Å². The van der Waals surface area contributed by atoms with Gasteiger partial charge in [0.05, 0.1) is 11.4 Å². The largest absolute Gasteiger partial charge is 0.445 e. The standard InChI is InChI=1S/C24H26N4O3/c1-17(2)27-21-7-3-4-8-22(21)28-23(29)20-11-9-18(10-12-20)15-26-24(30)31-16-19-6-5-13-25-14-19/h3-14,17,27H,15-16H2,1-2H3,(H,26,30)(H,28,29). The first-order valence-corrected chi connectivity index (χ1v) is 10.1. The van der Waals surface area contributed by atoms with Crippen molar-refractivity contribution in [2.45, 2.75) is 33.0 Å². The topological polar surface area (TPSA) is 92.3 Å². The lowest BCUT2D eigenvalue weighted by Crippen LogP contribution is -2.23. The smallest absolute Gasteiger partial charge is 0.407 e. The molecule has 1 aromatic heterocycles. The van der Waals surface area contributed by atoms with Crippen molar-refractivity contribution in [2.75, 3.05) is 10.6 Å². The fourth-order valence-corrected chi connectivity index (χ4v) is 2.86. The van der Waals surface area contributed by atoms with Gasteiger partial charge in [-0.05, 0) is 49.7 Å². The SMILES string of the molecule is CC(C)Nc1ccccc1NC(=O)c1ccc(CNC(=O)OCc2cccnc2)cc1. The first-order chi connectivity index (χ1) is 15.0. The molecule has 0 aliphatic carbocycles. The third-order valence-corrected chi connectivity index (χ3v) is 4.37. The summed E-state index contributed by atoms with van der Waals surface area (Å²) in [5.74, 6) is -0.201. The van der Waals surface area contributed by atoms with Crippen LogP contribution >= 0.6 is 0 Å². The maximum atomic E-state index is 12.6. The lowest BCUT2D eigenvalue weighted by molar-refractivity contribution is 0.102. The van der Waals surface area contributed by atoms with E-state index in [4.69, 9.17) is 4.74 Å². The second-order valence-corrected chi connectivity index (χ2v) is 7.29. The molecule has 2 amide bonds. The molecule has 160 valence electrons. The molecular formula is C24H26N4O3. The summed E-state index contributed by atoms with van der Waals surface area (Å²) in [6, 6.07) is 18.5. The number of aromatic nitrogens is 1. The van der Waals surface area contributed by atoms with Crippen LogP contribution in [0.25, 0.3) is 0 Å². The summed E-state index contributed by atoms with van der Waals surface area (Å²) in [6.45, 7) is 4.54. The van der Waals surface area contributed by atoms with Crippen LogP contribution in [0.3, 0.4) is 0 Å². The summed E-state index contributed by atoms with van der Waals surface area (Å²) in [5, 5.41) is 8.95. The van der Waals surface area contributed by atoms with Crippen LogP contribution < -0.4 is 16.0 Å². The fraction of sp³-hybridized carbons (Fsp3) is 0.208. The van der Waals surface area contributed by atoms with E-state index in [0.29, 0.717) is 12.1 Å². The summed E-state index contributed by atoms with van der Waals surface area (Å²) in [6.07, 6.45) is 2.79. The number of ether oxygens (including phenoxy) is 1. The monoisotopic (exact) mass is 418 g/mol. The minimum absolute atomic E-state index is 0.159. The molecule has 2 aromatic carbocycles. The molecule has 7 heteroatoms. The van der Waals surface area contributed by atoms with Gasteiger partial charge in [0, 0.05) is 36.1 Å². The normalized spacial score (nSPS) is 10.4. The highest BCUT2D eigenvalue weighted by Crippen LogP contribution is 2.22. The van der Waals surface area contributed by atoms with Crippen LogP contribution in [0, 0.1) is 0 Å². The molecule has 31 heavy (non-hydrogen) atoms.